The van der Waals surface area contributed by atoms with E-state index in [1.54, 1.807) is 18.6 Å². The summed E-state index contributed by atoms with van der Waals surface area (Å²) in [6.07, 6.45) is 5.25. The average molecular weight is 338 g/mol. The van der Waals surface area contributed by atoms with E-state index in [-0.39, 0.29) is 5.91 Å². The summed E-state index contributed by atoms with van der Waals surface area (Å²) in [7, 11) is 0. The summed E-state index contributed by atoms with van der Waals surface area (Å²) in [4.78, 5) is 17.1. The van der Waals surface area contributed by atoms with Crippen LogP contribution in [0.3, 0.4) is 0 Å². The molecule has 4 rings (SSSR count). The van der Waals surface area contributed by atoms with Crippen molar-refractivity contribution in [1.29, 1.82) is 0 Å². The van der Waals surface area contributed by atoms with Crippen LogP contribution in [0.5, 0.6) is 0 Å². The monoisotopic (exact) mass is 338 g/mol. The van der Waals surface area contributed by atoms with E-state index < -0.39 is 0 Å². The fourth-order valence-electron chi connectivity index (χ4n) is 4.60. The standard InChI is InChI=1S/C21H26N2O2/c1-16(2)23-15-21(19(23)17-6-4-3-5-7-17)9-11-22(12-10-21)20(24)18-8-13-25-14-18/h3-8,13-14,16,19H,9-12,15H2,1-2H3. The smallest absolute Gasteiger partial charge is 0.257 e. The Morgan fingerprint density at radius 3 is 2.48 bits per heavy atom. The van der Waals surface area contributed by atoms with E-state index in [1.807, 2.05) is 4.90 Å². The molecule has 1 unspecified atom stereocenters. The van der Waals surface area contributed by atoms with E-state index in [2.05, 4.69) is 49.1 Å². The predicted octanol–water partition coefficient (Wildman–Crippen LogP) is 3.97. The highest BCUT2D eigenvalue weighted by Crippen LogP contribution is 2.55. The van der Waals surface area contributed by atoms with Crippen LogP contribution in [-0.2, 0) is 0 Å². The molecule has 132 valence electrons. The molecule has 0 bridgehead atoms. The average Bonchev–Trinajstić information content (AvgIpc) is 3.15. The van der Waals surface area contributed by atoms with Crippen LogP contribution in [-0.4, -0.2) is 41.4 Å². The van der Waals surface area contributed by atoms with Gasteiger partial charge in [0.05, 0.1) is 11.8 Å². The van der Waals surface area contributed by atoms with Crippen LogP contribution < -0.4 is 0 Å². The maximum atomic E-state index is 12.6. The van der Waals surface area contributed by atoms with Gasteiger partial charge in [0.2, 0.25) is 0 Å². The zero-order valence-corrected chi connectivity index (χ0v) is 15.0. The van der Waals surface area contributed by atoms with Gasteiger partial charge >= 0.3 is 0 Å². The Morgan fingerprint density at radius 2 is 1.88 bits per heavy atom. The van der Waals surface area contributed by atoms with Crippen LogP contribution in [0.25, 0.3) is 0 Å². The highest BCUT2D eigenvalue weighted by Gasteiger charge is 2.54. The molecule has 1 aromatic carbocycles. The molecule has 2 aliphatic heterocycles. The third-order valence-corrected chi connectivity index (χ3v) is 6.00. The van der Waals surface area contributed by atoms with Crippen molar-refractivity contribution >= 4 is 5.91 Å². The molecular formula is C21H26N2O2. The van der Waals surface area contributed by atoms with Crippen molar-refractivity contribution in [3.8, 4) is 0 Å². The predicted molar refractivity (Wildman–Crippen MR) is 97.3 cm³/mol. The van der Waals surface area contributed by atoms with Crippen LogP contribution in [0.15, 0.2) is 53.3 Å². The molecule has 1 spiro atoms. The molecule has 25 heavy (non-hydrogen) atoms. The summed E-state index contributed by atoms with van der Waals surface area (Å²) in [6.45, 7) is 7.36. The Kier molecular flexibility index (Phi) is 4.16. The first-order valence-electron chi connectivity index (χ1n) is 9.23. The molecule has 4 heteroatoms. The highest BCUT2D eigenvalue weighted by atomic mass is 16.3. The van der Waals surface area contributed by atoms with E-state index in [4.69, 9.17) is 4.42 Å². The molecule has 1 amide bonds. The number of benzene rings is 1. The third kappa shape index (κ3) is 2.78. The first-order chi connectivity index (χ1) is 12.1. The Hall–Kier alpha value is -2.07. The first kappa shape index (κ1) is 16.4. The minimum Gasteiger partial charge on any atom is -0.472 e. The molecule has 2 saturated heterocycles. The lowest BCUT2D eigenvalue weighted by molar-refractivity contribution is -0.124. The maximum absolute atomic E-state index is 12.6. The normalized spacial score (nSPS) is 23.0. The summed E-state index contributed by atoms with van der Waals surface area (Å²) < 4.78 is 5.06. The Morgan fingerprint density at radius 1 is 1.16 bits per heavy atom. The Bertz CT molecular complexity index is 716. The van der Waals surface area contributed by atoms with Crippen molar-refractivity contribution < 1.29 is 9.21 Å². The number of hydrogen-bond acceptors (Lipinski definition) is 3. The third-order valence-electron chi connectivity index (χ3n) is 6.00. The van der Waals surface area contributed by atoms with Crippen molar-refractivity contribution in [2.45, 2.75) is 38.8 Å². The number of likely N-dealkylation sites (tertiary alicyclic amines) is 2. The molecule has 1 aromatic heterocycles. The van der Waals surface area contributed by atoms with E-state index in [0.717, 1.165) is 32.5 Å². The molecule has 0 aliphatic carbocycles. The quantitative estimate of drug-likeness (QED) is 0.850. The fraction of sp³-hybridized carbons (Fsp3) is 0.476. The molecule has 0 radical (unpaired) electrons. The first-order valence-corrected chi connectivity index (χ1v) is 9.23. The summed E-state index contributed by atoms with van der Waals surface area (Å²) in [5.74, 6) is 0.0971. The van der Waals surface area contributed by atoms with Crippen LogP contribution in [0.2, 0.25) is 0 Å². The van der Waals surface area contributed by atoms with E-state index >= 15 is 0 Å². The van der Waals surface area contributed by atoms with Crippen LogP contribution in [0.4, 0.5) is 0 Å². The molecular weight excluding hydrogens is 312 g/mol. The molecule has 2 fully saturated rings. The lowest BCUT2D eigenvalue weighted by Crippen LogP contribution is -2.64. The number of amides is 1. The van der Waals surface area contributed by atoms with E-state index in [0.29, 0.717) is 23.1 Å². The summed E-state index contributed by atoms with van der Waals surface area (Å²) in [5.41, 5.74) is 2.38. The molecule has 2 aliphatic rings. The summed E-state index contributed by atoms with van der Waals surface area (Å²) in [5, 5.41) is 0. The number of rotatable bonds is 3. The number of carbonyl (C=O) groups is 1. The van der Waals surface area contributed by atoms with E-state index in [9.17, 15) is 4.79 Å². The van der Waals surface area contributed by atoms with Gasteiger partial charge in [-0.3, -0.25) is 9.69 Å². The molecule has 3 heterocycles. The Labute approximate surface area is 149 Å². The van der Waals surface area contributed by atoms with Gasteiger partial charge in [-0.05, 0) is 38.3 Å². The minimum absolute atomic E-state index is 0.0971. The van der Waals surface area contributed by atoms with Crippen molar-refractivity contribution in [2.75, 3.05) is 19.6 Å². The highest BCUT2D eigenvalue weighted by molar-refractivity contribution is 5.93. The lowest BCUT2D eigenvalue weighted by Gasteiger charge is -2.62. The van der Waals surface area contributed by atoms with E-state index in [1.165, 1.54) is 5.56 Å². The number of nitrogens with zero attached hydrogens (tertiary/aromatic N) is 2. The second-order valence-corrected chi connectivity index (χ2v) is 7.75. The van der Waals surface area contributed by atoms with Gasteiger partial charge < -0.3 is 9.32 Å². The van der Waals surface area contributed by atoms with Crippen molar-refractivity contribution in [3.05, 3.63) is 60.1 Å². The van der Waals surface area contributed by atoms with Gasteiger partial charge in [-0.2, -0.15) is 0 Å². The van der Waals surface area contributed by atoms with Crippen molar-refractivity contribution in [1.82, 2.24) is 9.80 Å². The van der Waals surface area contributed by atoms with Gasteiger partial charge in [-0.25, -0.2) is 0 Å². The zero-order valence-electron chi connectivity index (χ0n) is 15.0. The van der Waals surface area contributed by atoms with Gasteiger partial charge in [0.1, 0.15) is 6.26 Å². The Balaban J connectivity index is 1.50. The molecule has 2 aromatic rings. The number of piperidine rings is 1. The number of hydrogen-bond donors (Lipinski definition) is 0. The zero-order chi connectivity index (χ0) is 17.4. The van der Waals surface area contributed by atoms with Gasteiger partial charge in [0, 0.05) is 37.1 Å². The molecule has 4 nitrogen and oxygen atoms in total. The molecule has 1 atom stereocenters. The number of furan rings is 1. The van der Waals surface area contributed by atoms with Crippen LogP contribution in [0.1, 0.15) is 48.7 Å². The van der Waals surface area contributed by atoms with Crippen molar-refractivity contribution in [2.24, 2.45) is 5.41 Å². The topological polar surface area (TPSA) is 36.7 Å². The summed E-state index contributed by atoms with van der Waals surface area (Å²) in [6, 6.07) is 13.6. The van der Waals surface area contributed by atoms with Crippen molar-refractivity contribution in [3.63, 3.8) is 0 Å². The largest absolute Gasteiger partial charge is 0.472 e. The lowest BCUT2D eigenvalue weighted by atomic mass is 9.62. The van der Waals surface area contributed by atoms with Gasteiger partial charge in [0.25, 0.3) is 5.91 Å². The minimum atomic E-state index is 0.0971. The second-order valence-electron chi connectivity index (χ2n) is 7.75. The maximum Gasteiger partial charge on any atom is 0.257 e. The van der Waals surface area contributed by atoms with Crippen LogP contribution in [0, 0.1) is 5.41 Å². The SMILES string of the molecule is CC(C)N1CC2(CCN(C(=O)c3ccoc3)CC2)C1c1ccccc1. The van der Waals surface area contributed by atoms with Gasteiger partial charge in [0.15, 0.2) is 0 Å². The second kappa shape index (κ2) is 6.34. The van der Waals surface area contributed by atoms with Crippen LogP contribution >= 0.6 is 0 Å². The summed E-state index contributed by atoms with van der Waals surface area (Å²) >= 11 is 0. The molecule has 0 saturated carbocycles. The van der Waals surface area contributed by atoms with Gasteiger partial charge in [-0.15, -0.1) is 0 Å². The fourth-order valence-corrected chi connectivity index (χ4v) is 4.60. The van der Waals surface area contributed by atoms with Gasteiger partial charge in [-0.1, -0.05) is 30.3 Å². The molecule has 0 N–H and O–H groups in total. The number of carbonyl (C=O) groups excluding carboxylic acids is 1.